The molecule has 1 fully saturated rings. The Kier molecular flexibility index (Phi) is 4.27. The second-order valence-electron chi connectivity index (χ2n) is 5.66. The highest BCUT2D eigenvalue weighted by Gasteiger charge is 2.43. The fourth-order valence-electron chi connectivity index (χ4n) is 3.32. The number of fused-ring (bicyclic) bond motifs is 2. The Bertz CT molecular complexity index is 609. The number of oxime groups is 1. The third kappa shape index (κ3) is 2.66. The van der Waals surface area contributed by atoms with E-state index in [1.807, 2.05) is 6.92 Å². The van der Waals surface area contributed by atoms with Gasteiger partial charge in [-0.15, -0.1) is 0 Å². The van der Waals surface area contributed by atoms with E-state index in [1.165, 1.54) is 19.2 Å². The molecule has 5 heteroatoms. The minimum absolute atomic E-state index is 0.00412. The van der Waals surface area contributed by atoms with Gasteiger partial charge in [0.2, 0.25) is 0 Å². The number of aliphatic hydroxyl groups excluding tert-OH is 1. The molecule has 1 aromatic carbocycles. The van der Waals surface area contributed by atoms with Crippen LogP contribution in [0, 0.1) is 5.82 Å². The number of hydrogen-bond acceptors (Lipinski definition) is 4. The molecular weight excluding hydrogens is 285 g/mol. The van der Waals surface area contributed by atoms with Gasteiger partial charge in [-0.05, 0) is 36.1 Å². The molecule has 2 heterocycles. The second kappa shape index (κ2) is 6.18. The van der Waals surface area contributed by atoms with Gasteiger partial charge >= 0.3 is 0 Å². The molecule has 4 nitrogen and oxygen atoms in total. The molecule has 3 rings (SSSR count). The van der Waals surface area contributed by atoms with Gasteiger partial charge in [-0.25, -0.2) is 4.39 Å². The molecule has 2 aliphatic rings. The van der Waals surface area contributed by atoms with Gasteiger partial charge in [-0.3, -0.25) is 0 Å². The zero-order valence-corrected chi connectivity index (χ0v) is 12.8. The molecule has 2 unspecified atom stereocenters. The molecule has 0 spiro atoms. The van der Waals surface area contributed by atoms with Crippen molar-refractivity contribution in [1.82, 2.24) is 0 Å². The molecular formula is C17H20FNO3. The average Bonchev–Trinajstić information content (AvgIpc) is 2.81. The third-order valence-corrected chi connectivity index (χ3v) is 4.27. The first kappa shape index (κ1) is 15.2. The number of ether oxygens (including phenoxy) is 1. The first-order valence-electron chi connectivity index (χ1n) is 7.57. The molecule has 0 radical (unpaired) electrons. The minimum atomic E-state index is -0.536. The molecule has 1 N–H and O–H groups in total. The van der Waals surface area contributed by atoms with Crippen LogP contribution in [0.15, 0.2) is 35.0 Å². The number of halogens is 1. The van der Waals surface area contributed by atoms with E-state index in [4.69, 9.17) is 9.57 Å². The van der Waals surface area contributed by atoms with Crippen molar-refractivity contribution in [2.24, 2.45) is 5.16 Å². The minimum Gasteiger partial charge on any atom is -0.399 e. The van der Waals surface area contributed by atoms with Crippen LogP contribution in [0.25, 0.3) is 5.57 Å². The van der Waals surface area contributed by atoms with Crippen LogP contribution in [-0.2, 0) is 9.57 Å². The summed E-state index contributed by atoms with van der Waals surface area (Å²) in [6.07, 6.45) is 1.06. The van der Waals surface area contributed by atoms with Gasteiger partial charge in [0.25, 0.3) is 0 Å². The van der Waals surface area contributed by atoms with Gasteiger partial charge in [0.15, 0.2) is 0 Å². The first-order chi connectivity index (χ1) is 10.6. The Hall–Kier alpha value is -1.72. The predicted molar refractivity (Wildman–Crippen MR) is 82.0 cm³/mol. The van der Waals surface area contributed by atoms with Crippen LogP contribution >= 0.6 is 0 Å². The molecule has 0 aliphatic carbocycles. The summed E-state index contributed by atoms with van der Waals surface area (Å²) < 4.78 is 19.1. The molecule has 22 heavy (non-hydrogen) atoms. The summed E-state index contributed by atoms with van der Waals surface area (Å²) in [7, 11) is 1.51. The van der Waals surface area contributed by atoms with Crippen LogP contribution in [0.4, 0.5) is 4.39 Å². The van der Waals surface area contributed by atoms with Crippen LogP contribution in [0.3, 0.4) is 0 Å². The van der Waals surface area contributed by atoms with Gasteiger partial charge < -0.3 is 14.7 Å². The number of rotatable bonds is 4. The van der Waals surface area contributed by atoms with E-state index in [1.54, 1.807) is 12.1 Å². The van der Waals surface area contributed by atoms with Crippen molar-refractivity contribution >= 4 is 11.3 Å². The standard InChI is InChI=1S/C17H20FNO3/c1-3-14(19-21-2)16-13(10-4-6-11(18)7-5-10)8-12-9-15(20)17(16)22-12/h4-7,12,15,17,20H,3,8-9H2,1-2H3/t12?,15?,17-/m1/s1. The maximum atomic E-state index is 13.2. The maximum absolute atomic E-state index is 13.2. The molecule has 2 bridgehead atoms. The highest BCUT2D eigenvalue weighted by atomic mass is 19.1. The molecule has 1 aromatic rings. The topological polar surface area (TPSA) is 51.0 Å². The van der Waals surface area contributed by atoms with Crippen molar-refractivity contribution in [2.75, 3.05) is 7.11 Å². The summed E-state index contributed by atoms with van der Waals surface area (Å²) >= 11 is 0. The maximum Gasteiger partial charge on any atom is 0.123 e. The molecule has 118 valence electrons. The number of aliphatic hydroxyl groups is 1. The molecule has 1 saturated heterocycles. The van der Waals surface area contributed by atoms with E-state index in [0.29, 0.717) is 19.3 Å². The number of hydrogen-bond donors (Lipinski definition) is 1. The van der Waals surface area contributed by atoms with Crippen LogP contribution < -0.4 is 0 Å². The highest BCUT2D eigenvalue weighted by Crippen LogP contribution is 2.42. The van der Waals surface area contributed by atoms with Crippen molar-refractivity contribution in [3.8, 4) is 0 Å². The quantitative estimate of drug-likeness (QED) is 0.687. The fourth-order valence-corrected chi connectivity index (χ4v) is 3.32. The normalized spacial score (nSPS) is 28.2. The zero-order valence-electron chi connectivity index (χ0n) is 12.8. The number of nitrogens with zero attached hydrogens (tertiary/aromatic N) is 1. The average molecular weight is 305 g/mol. The summed E-state index contributed by atoms with van der Waals surface area (Å²) in [5.41, 5.74) is 3.67. The monoisotopic (exact) mass is 305 g/mol. The first-order valence-corrected chi connectivity index (χ1v) is 7.57. The Morgan fingerprint density at radius 1 is 1.41 bits per heavy atom. The summed E-state index contributed by atoms with van der Waals surface area (Å²) in [5.74, 6) is -0.262. The fraction of sp³-hybridized carbons (Fsp3) is 0.471. The molecule has 3 atom stereocenters. The van der Waals surface area contributed by atoms with Gasteiger partial charge in [0.1, 0.15) is 19.0 Å². The van der Waals surface area contributed by atoms with E-state index in [0.717, 1.165) is 22.4 Å². The highest BCUT2D eigenvalue weighted by molar-refractivity contribution is 6.07. The lowest BCUT2D eigenvalue weighted by Gasteiger charge is -2.28. The lowest BCUT2D eigenvalue weighted by atomic mass is 9.88. The van der Waals surface area contributed by atoms with Gasteiger partial charge in [0.05, 0.1) is 17.9 Å². The van der Waals surface area contributed by atoms with Crippen molar-refractivity contribution in [3.05, 3.63) is 41.2 Å². The summed E-state index contributed by atoms with van der Waals surface area (Å²) in [4.78, 5) is 4.95. The summed E-state index contributed by atoms with van der Waals surface area (Å²) in [5, 5.41) is 14.4. The lowest BCUT2D eigenvalue weighted by molar-refractivity contribution is 0.0313. The predicted octanol–water partition coefficient (Wildman–Crippen LogP) is 2.91. The Morgan fingerprint density at radius 3 is 2.77 bits per heavy atom. The SMILES string of the molecule is CCC(=NOC)C1=C(c2ccc(F)cc2)CC2CC(O)[C@H]1O2. The zero-order chi connectivity index (χ0) is 15.7. The van der Waals surface area contributed by atoms with Crippen LogP contribution in [0.1, 0.15) is 31.7 Å². The van der Waals surface area contributed by atoms with Gasteiger partial charge in [0, 0.05) is 12.0 Å². The van der Waals surface area contributed by atoms with E-state index in [-0.39, 0.29) is 18.0 Å². The van der Waals surface area contributed by atoms with Crippen LogP contribution in [0.5, 0.6) is 0 Å². The molecule has 0 amide bonds. The summed E-state index contributed by atoms with van der Waals surface area (Å²) in [6.45, 7) is 1.99. The number of benzene rings is 1. The van der Waals surface area contributed by atoms with Crippen LogP contribution in [-0.4, -0.2) is 36.2 Å². The summed E-state index contributed by atoms with van der Waals surface area (Å²) in [6, 6.07) is 6.43. The second-order valence-corrected chi connectivity index (χ2v) is 5.66. The van der Waals surface area contributed by atoms with Gasteiger partial charge in [-0.1, -0.05) is 24.2 Å². The van der Waals surface area contributed by atoms with Crippen molar-refractivity contribution in [1.29, 1.82) is 0 Å². The van der Waals surface area contributed by atoms with E-state index in [2.05, 4.69) is 5.16 Å². The van der Waals surface area contributed by atoms with E-state index >= 15 is 0 Å². The molecule has 0 saturated carbocycles. The van der Waals surface area contributed by atoms with Crippen molar-refractivity contribution < 1.29 is 19.1 Å². The lowest BCUT2D eigenvalue weighted by Crippen LogP contribution is -2.31. The van der Waals surface area contributed by atoms with Gasteiger partial charge in [-0.2, -0.15) is 0 Å². The largest absolute Gasteiger partial charge is 0.399 e. The van der Waals surface area contributed by atoms with E-state index in [9.17, 15) is 9.50 Å². The third-order valence-electron chi connectivity index (χ3n) is 4.27. The molecule has 0 aromatic heterocycles. The van der Waals surface area contributed by atoms with Crippen LogP contribution in [0.2, 0.25) is 0 Å². The Morgan fingerprint density at radius 2 is 2.14 bits per heavy atom. The Balaban J connectivity index is 2.12. The van der Waals surface area contributed by atoms with E-state index < -0.39 is 6.10 Å². The van der Waals surface area contributed by atoms with Crippen molar-refractivity contribution in [2.45, 2.75) is 44.5 Å². The smallest absolute Gasteiger partial charge is 0.123 e. The molecule has 2 aliphatic heterocycles. The van der Waals surface area contributed by atoms with Crippen molar-refractivity contribution in [3.63, 3.8) is 0 Å². The Labute approximate surface area is 129 Å².